The minimum atomic E-state index is 0.194. The molecule has 0 saturated heterocycles. The zero-order valence-corrected chi connectivity index (χ0v) is 13.6. The maximum absolute atomic E-state index is 5.18. The Morgan fingerprint density at radius 3 is 2.11 bits per heavy atom. The molecule has 0 heterocycles. The third-order valence-electron chi connectivity index (χ3n) is 3.56. The smallest absolute Gasteiger partial charge is 0.0589 e. The molecule has 0 aromatic rings. The second-order valence-corrected chi connectivity index (χ2v) is 6.63. The van der Waals surface area contributed by atoms with E-state index in [1.807, 2.05) is 0 Å². The van der Waals surface area contributed by atoms with Gasteiger partial charge in [-0.3, -0.25) is 0 Å². The summed E-state index contributed by atoms with van der Waals surface area (Å²) in [5, 5.41) is 3.64. The minimum absolute atomic E-state index is 0.194. The monoisotopic (exact) mass is 258 g/mol. The van der Waals surface area contributed by atoms with Crippen molar-refractivity contribution in [1.82, 2.24) is 10.2 Å². The van der Waals surface area contributed by atoms with Crippen LogP contribution in [0.3, 0.4) is 0 Å². The van der Waals surface area contributed by atoms with E-state index in [0.29, 0.717) is 5.41 Å². The Hall–Kier alpha value is -0.120. The molecular weight excluding hydrogens is 224 g/mol. The van der Waals surface area contributed by atoms with Crippen LogP contribution in [0.15, 0.2) is 0 Å². The van der Waals surface area contributed by atoms with Gasteiger partial charge in [-0.1, -0.05) is 20.8 Å². The molecule has 1 unspecified atom stereocenters. The molecule has 3 heteroatoms. The lowest BCUT2D eigenvalue weighted by Crippen LogP contribution is -2.47. The second-order valence-electron chi connectivity index (χ2n) is 6.63. The Morgan fingerprint density at radius 1 is 1.11 bits per heavy atom. The molecule has 0 aliphatic heterocycles. The zero-order chi connectivity index (χ0) is 14.2. The highest BCUT2D eigenvalue weighted by molar-refractivity contribution is 4.83. The van der Waals surface area contributed by atoms with Gasteiger partial charge in [0.05, 0.1) is 6.61 Å². The molecule has 0 amide bonds. The van der Waals surface area contributed by atoms with Gasteiger partial charge in [-0.25, -0.2) is 0 Å². The molecule has 0 aliphatic carbocycles. The summed E-state index contributed by atoms with van der Waals surface area (Å²) in [4.78, 5) is 2.48. The van der Waals surface area contributed by atoms with Gasteiger partial charge >= 0.3 is 0 Å². The van der Waals surface area contributed by atoms with Crippen molar-refractivity contribution >= 4 is 0 Å². The third kappa shape index (κ3) is 8.06. The van der Waals surface area contributed by atoms with Gasteiger partial charge in [-0.15, -0.1) is 0 Å². The molecule has 110 valence electrons. The quantitative estimate of drug-likeness (QED) is 0.688. The highest BCUT2D eigenvalue weighted by Gasteiger charge is 2.26. The maximum Gasteiger partial charge on any atom is 0.0589 e. The standard InChI is InChI=1S/C15H34N2O/c1-8-15(6,12-16-14(3,4)5)13-17(9-2)10-11-18-7/h16H,8-13H2,1-7H3. The molecule has 0 bridgehead atoms. The van der Waals surface area contributed by atoms with Crippen molar-refractivity contribution in [2.45, 2.75) is 53.5 Å². The molecule has 3 nitrogen and oxygen atoms in total. The van der Waals surface area contributed by atoms with Crippen LogP contribution in [0.1, 0.15) is 48.0 Å². The van der Waals surface area contributed by atoms with Gasteiger partial charge in [0.15, 0.2) is 0 Å². The van der Waals surface area contributed by atoms with Gasteiger partial charge in [0, 0.05) is 32.3 Å². The number of nitrogens with one attached hydrogen (secondary N) is 1. The van der Waals surface area contributed by atoms with Crippen molar-refractivity contribution in [3.8, 4) is 0 Å². The summed E-state index contributed by atoms with van der Waals surface area (Å²) >= 11 is 0. The Labute approximate surface area is 114 Å². The lowest BCUT2D eigenvalue weighted by atomic mass is 9.86. The molecule has 1 N–H and O–H groups in total. The molecule has 0 aromatic carbocycles. The van der Waals surface area contributed by atoms with Crippen LogP contribution in [0.2, 0.25) is 0 Å². The molecule has 0 spiro atoms. The number of methoxy groups -OCH3 is 1. The number of ether oxygens (including phenoxy) is 1. The third-order valence-corrected chi connectivity index (χ3v) is 3.56. The average molecular weight is 258 g/mol. The van der Waals surface area contributed by atoms with Gasteiger partial charge in [0.25, 0.3) is 0 Å². The minimum Gasteiger partial charge on any atom is -0.383 e. The fourth-order valence-corrected chi connectivity index (χ4v) is 1.88. The normalized spacial score (nSPS) is 16.0. The van der Waals surface area contributed by atoms with E-state index in [1.54, 1.807) is 7.11 Å². The van der Waals surface area contributed by atoms with Gasteiger partial charge in [0.1, 0.15) is 0 Å². The Bertz CT molecular complexity index is 213. The summed E-state index contributed by atoms with van der Waals surface area (Å²) in [6.07, 6.45) is 1.19. The topological polar surface area (TPSA) is 24.5 Å². The first kappa shape index (κ1) is 17.9. The van der Waals surface area contributed by atoms with Crippen LogP contribution in [-0.4, -0.2) is 50.3 Å². The highest BCUT2D eigenvalue weighted by Crippen LogP contribution is 2.22. The van der Waals surface area contributed by atoms with Crippen molar-refractivity contribution in [3.05, 3.63) is 0 Å². The van der Waals surface area contributed by atoms with Crippen molar-refractivity contribution in [1.29, 1.82) is 0 Å². The first-order valence-electron chi connectivity index (χ1n) is 7.22. The maximum atomic E-state index is 5.18. The fraction of sp³-hybridized carbons (Fsp3) is 1.00. The summed E-state index contributed by atoms with van der Waals surface area (Å²) < 4.78 is 5.18. The van der Waals surface area contributed by atoms with Crippen molar-refractivity contribution in [3.63, 3.8) is 0 Å². The van der Waals surface area contributed by atoms with E-state index in [2.05, 4.69) is 51.8 Å². The highest BCUT2D eigenvalue weighted by atomic mass is 16.5. The number of likely N-dealkylation sites (N-methyl/N-ethyl adjacent to an activating group) is 1. The SMILES string of the molecule is CCN(CCOC)CC(C)(CC)CNC(C)(C)C. The number of nitrogens with zero attached hydrogens (tertiary/aromatic N) is 1. The van der Waals surface area contributed by atoms with Crippen LogP contribution in [0, 0.1) is 5.41 Å². The summed E-state index contributed by atoms with van der Waals surface area (Å²) in [7, 11) is 1.77. The van der Waals surface area contributed by atoms with Crippen LogP contribution in [0.4, 0.5) is 0 Å². The molecule has 0 aliphatic rings. The van der Waals surface area contributed by atoms with E-state index in [0.717, 1.165) is 32.8 Å². The Morgan fingerprint density at radius 2 is 1.72 bits per heavy atom. The van der Waals surface area contributed by atoms with Crippen LogP contribution in [0.25, 0.3) is 0 Å². The molecule has 0 radical (unpaired) electrons. The van der Waals surface area contributed by atoms with E-state index in [-0.39, 0.29) is 5.54 Å². The van der Waals surface area contributed by atoms with Crippen LogP contribution < -0.4 is 5.32 Å². The summed E-state index contributed by atoms with van der Waals surface area (Å²) in [5.41, 5.74) is 0.525. The second kappa shape index (κ2) is 8.13. The van der Waals surface area contributed by atoms with E-state index in [4.69, 9.17) is 4.74 Å². The molecule has 0 rings (SSSR count). The van der Waals surface area contributed by atoms with Crippen LogP contribution in [0.5, 0.6) is 0 Å². The molecule has 18 heavy (non-hydrogen) atoms. The largest absolute Gasteiger partial charge is 0.383 e. The van der Waals surface area contributed by atoms with Crippen LogP contribution in [-0.2, 0) is 4.74 Å². The van der Waals surface area contributed by atoms with Crippen LogP contribution >= 0.6 is 0 Å². The fourth-order valence-electron chi connectivity index (χ4n) is 1.88. The predicted molar refractivity (Wildman–Crippen MR) is 80.1 cm³/mol. The number of hydrogen-bond donors (Lipinski definition) is 1. The van der Waals surface area contributed by atoms with Crippen molar-refractivity contribution in [2.24, 2.45) is 5.41 Å². The lowest BCUT2D eigenvalue weighted by molar-refractivity contribution is 0.109. The number of rotatable bonds is 9. The van der Waals surface area contributed by atoms with E-state index >= 15 is 0 Å². The van der Waals surface area contributed by atoms with Crippen molar-refractivity contribution < 1.29 is 4.74 Å². The van der Waals surface area contributed by atoms with Gasteiger partial charge in [0.2, 0.25) is 0 Å². The Kier molecular flexibility index (Phi) is 8.08. The van der Waals surface area contributed by atoms with E-state index in [1.165, 1.54) is 6.42 Å². The predicted octanol–water partition coefficient (Wildman–Crippen LogP) is 2.76. The summed E-state index contributed by atoms with van der Waals surface area (Å²) in [6, 6.07) is 0. The average Bonchev–Trinajstić information content (AvgIpc) is 2.31. The van der Waals surface area contributed by atoms with Gasteiger partial charge in [-0.2, -0.15) is 0 Å². The Balaban J connectivity index is 4.34. The molecular formula is C15H34N2O. The molecule has 0 aromatic heterocycles. The lowest BCUT2D eigenvalue weighted by Gasteiger charge is -2.37. The van der Waals surface area contributed by atoms with E-state index < -0.39 is 0 Å². The summed E-state index contributed by atoms with van der Waals surface area (Å²) in [6.45, 7) is 18.7. The number of hydrogen-bond acceptors (Lipinski definition) is 3. The van der Waals surface area contributed by atoms with E-state index in [9.17, 15) is 0 Å². The van der Waals surface area contributed by atoms with Crippen molar-refractivity contribution in [2.75, 3.05) is 39.9 Å². The first-order valence-corrected chi connectivity index (χ1v) is 7.22. The van der Waals surface area contributed by atoms with Gasteiger partial charge in [-0.05, 0) is 39.2 Å². The molecule has 0 fully saturated rings. The van der Waals surface area contributed by atoms with Gasteiger partial charge < -0.3 is 15.0 Å². The molecule has 0 saturated carbocycles. The molecule has 1 atom stereocenters. The summed E-state index contributed by atoms with van der Waals surface area (Å²) in [5.74, 6) is 0. The first-order chi connectivity index (χ1) is 8.26. The zero-order valence-electron chi connectivity index (χ0n) is 13.6.